The number of anilines is 3. The zero-order valence-corrected chi connectivity index (χ0v) is 14.0. The molecule has 0 amide bonds. The van der Waals surface area contributed by atoms with Gasteiger partial charge in [-0.25, -0.2) is 9.97 Å². The highest BCUT2D eigenvalue weighted by molar-refractivity contribution is 6.30. The number of fused-ring (bicyclic) bond motifs is 1. The van der Waals surface area contributed by atoms with E-state index in [2.05, 4.69) is 10.3 Å². The number of nitrogens with zero attached hydrogens (tertiary/aromatic N) is 2. The molecule has 0 saturated carbocycles. The Balaban J connectivity index is 1.87. The molecule has 0 saturated heterocycles. The van der Waals surface area contributed by atoms with Gasteiger partial charge in [-0.3, -0.25) is 0 Å². The number of hydrogen-bond donors (Lipinski definition) is 2. The molecule has 4 aromatic rings. The van der Waals surface area contributed by atoms with Crippen LogP contribution in [0.15, 0.2) is 72.8 Å². The predicted octanol–water partition coefficient (Wildman–Crippen LogP) is 5.28. The summed E-state index contributed by atoms with van der Waals surface area (Å²) in [7, 11) is 0. The largest absolute Gasteiger partial charge is 0.398 e. The minimum absolute atomic E-state index is 0.591. The van der Waals surface area contributed by atoms with Crippen molar-refractivity contribution in [2.75, 3.05) is 11.1 Å². The topological polar surface area (TPSA) is 63.8 Å². The molecule has 1 heterocycles. The Hall–Kier alpha value is -3.11. The Bertz CT molecular complexity index is 1040. The highest BCUT2D eigenvalue weighted by Gasteiger charge is 2.11. The van der Waals surface area contributed by atoms with E-state index in [0.29, 0.717) is 16.5 Å². The summed E-state index contributed by atoms with van der Waals surface area (Å²) in [5, 5.41) is 4.98. The number of nitrogens with one attached hydrogen (secondary N) is 1. The standard InChI is InChI=1S/C20H15ClN4/c21-13-9-11-14(12-10-13)23-20-16-6-2-4-8-18(16)24-19(25-20)15-5-1-3-7-17(15)22/h1-12H,22H2,(H,23,24,25). The number of benzene rings is 3. The van der Waals surface area contributed by atoms with Crippen molar-refractivity contribution in [3.63, 3.8) is 0 Å². The van der Waals surface area contributed by atoms with Crippen LogP contribution in [-0.4, -0.2) is 9.97 Å². The van der Waals surface area contributed by atoms with E-state index < -0.39 is 0 Å². The van der Waals surface area contributed by atoms with Crippen LogP contribution in [0.3, 0.4) is 0 Å². The number of halogens is 1. The van der Waals surface area contributed by atoms with Crippen molar-refractivity contribution >= 4 is 39.7 Å². The molecule has 5 heteroatoms. The van der Waals surface area contributed by atoms with Gasteiger partial charge in [0.1, 0.15) is 5.82 Å². The molecule has 0 fully saturated rings. The Kier molecular flexibility index (Phi) is 3.96. The van der Waals surface area contributed by atoms with E-state index in [1.807, 2.05) is 72.8 Å². The first-order chi connectivity index (χ1) is 12.2. The first-order valence-electron chi connectivity index (χ1n) is 7.85. The molecule has 0 bridgehead atoms. The average Bonchev–Trinajstić information content (AvgIpc) is 2.64. The number of nitrogen functional groups attached to an aromatic ring is 1. The molecule has 4 rings (SSSR count). The molecule has 4 nitrogen and oxygen atoms in total. The molecule has 1 aromatic heterocycles. The molecule has 122 valence electrons. The first kappa shape index (κ1) is 15.4. The van der Waals surface area contributed by atoms with Crippen LogP contribution in [0.5, 0.6) is 0 Å². The monoisotopic (exact) mass is 346 g/mol. The fourth-order valence-corrected chi connectivity index (χ4v) is 2.79. The Labute approximate surface area is 150 Å². The second-order valence-electron chi connectivity index (χ2n) is 5.63. The zero-order valence-electron chi connectivity index (χ0n) is 13.3. The minimum Gasteiger partial charge on any atom is -0.398 e. The summed E-state index contributed by atoms with van der Waals surface area (Å²) in [5.74, 6) is 1.32. The van der Waals surface area contributed by atoms with Crippen LogP contribution in [0.1, 0.15) is 0 Å². The lowest BCUT2D eigenvalue weighted by Gasteiger charge is -2.12. The zero-order chi connectivity index (χ0) is 17.2. The molecule has 0 atom stereocenters. The van der Waals surface area contributed by atoms with Crippen molar-refractivity contribution in [1.82, 2.24) is 9.97 Å². The molecule has 0 aliphatic rings. The lowest BCUT2D eigenvalue weighted by atomic mass is 10.1. The quantitative estimate of drug-likeness (QED) is 0.495. The Morgan fingerprint density at radius 1 is 0.800 bits per heavy atom. The van der Waals surface area contributed by atoms with Crippen LogP contribution in [-0.2, 0) is 0 Å². The number of aromatic nitrogens is 2. The van der Waals surface area contributed by atoms with Crippen LogP contribution < -0.4 is 11.1 Å². The predicted molar refractivity (Wildman–Crippen MR) is 104 cm³/mol. The molecule has 3 aromatic carbocycles. The maximum atomic E-state index is 6.10. The van der Waals surface area contributed by atoms with Crippen LogP contribution >= 0.6 is 11.6 Å². The summed E-state index contributed by atoms with van der Waals surface area (Å²) >= 11 is 5.97. The molecule has 0 aliphatic carbocycles. The maximum Gasteiger partial charge on any atom is 0.164 e. The minimum atomic E-state index is 0.591. The van der Waals surface area contributed by atoms with Gasteiger partial charge in [-0.05, 0) is 48.5 Å². The third-order valence-electron chi connectivity index (χ3n) is 3.91. The molecule has 0 spiro atoms. The van der Waals surface area contributed by atoms with Gasteiger partial charge in [0.15, 0.2) is 5.82 Å². The third-order valence-corrected chi connectivity index (χ3v) is 4.16. The van der Waals surface area contributed by atoms with E-state index in [4.69, 9.17) is 22.3 Å². The number of rotatable bonds is 3. The summed E-state index contributed by atoms with van der Waals surface area (Å²) in [6.07, 6.45) is 0. The summed E-state index contributed by atoms with van der Waals surface area (Å²) < 4.78 is 0. The van der Waals surface area contributed by atoms with Crippen LogP contribution in [0, 0.1) is 0 Å². The van der Waals surface area contributed by atoms with Gasteiger partial charge in [-0.1, -0.05) is 35.9 Å². The molecule has 3 N–H and O–H groups in total. The molecule has 0 unspecified atom stereocenters. The highest BCUT2D eigenvalue weighted by atomic mass is 35.5. The SMILES string of the molecule is Nc1ccccc1-c1nc(Nc2ccc(Cl)cc2)c2ccccc2n1. The second kappa shape index (κ2) is 6.42. The van der Waals surface area contributed by atoms with Gasteiger partial charge in [0.25, 0.3) is 0 Å². The normalized spacial score (nSPS) is 10.8. The fourth-order valence-electron chi connectivity index (χ4n) is 2.66. The summed E-state index contributed by atoms with van der Waals surface area (Å²) in [5.41, 5.74) is 9.32. The summed E-state index contributed by atoms with van der Waals surface area (Å²) in [6.45, 7) is 0. The van der Waals surface area contributed by atoms with Gasteiger partial charge in [0.2, 0.25) is 0 Å². The van der Waals surface area contributed by atoms with Crippen LogP contribution in [0.2, 0.25) is 5.02 Å². The van der Waals surface area contributed by atoms with Crippen molar-refractivity contribution in [2.45, 2.75) is 0 Å². The van der Waals surface area contributed by atoms with Crippen LogP contribution in [0.4, 0.5) is 17.2 Å². The van der Waals surface area contributed by atoms with Gasteiger partial charge in [-0.15, -0.1) is 0 Å². The van der Waals surface area contributed by atoms with Crippen molar-refractivity contribution < 1.29 is 0 Å². The number of nitrogens with two attached hydrogens (primary N) is 1. The second-order valence-corrected chi connectivity index (χ2v) is 6.07. The number of hydrogen-bond acceptors (Lipinski definition) is 4. The number of para-hydroxylation sites is 2. The van der Waals surface area contributed by atoms with E-state index in [9.17, 15) is 0 Å². The summed E-state index contributed by atoms with van der Waals surface area (Å²) in [6, 6.07) is 23.0. The first-order valence-corrected chi connectivity index (χ1v) is 8.23. The molecule has 0 radical (unpaired) electrons. The van der Waals surface area contributed by atoms with Crippen molar-refractivity contribution in [1.29, 1.82) is 0 Å². The Morgan fingerprint density at radius 2 is 1.52 bits per heavy atom. The smallest absolute Gasteiger partial charge is 0.164 e. The van der Waals surface area contributed by atoms with Gasteiger partial charge in [0.05, 0.1) is 5.52 Å². The summed E-state index contributed by atoms with van der Waals surface area (Å²) in [4.78, 5) is 9.38. The van der Waals surface area contributed by atoms with Crippen molar-refractivity contribution in [3.05, 3.63) is 77.8 Å². The van der Waals surface area contributed by atoms with Crippen molar-refractivity contribution in [3.8, 4) is 11.4 Å². The lowest BCUT2D eigenvalue weighted by Crippen LogP contribution is -2.00. The molecule has 0 aliphatic heterocycles. The maximum absolute atomic E-state index is 6.10. The van der Waals surface area contributed by atoms with Crippen LogP contribution in [0.25, 0.3) is 22.3 Å². The molecule has 25 heavy (non-hydrogen) atoms. The molecular weight excluding hydrogens is 332 g/mol. The lowest BCUT2D eigenvalue weighted by molar-refractivity contribution is 1.22. The van der Waals surface area contributed by atoms with E-state index in [1.165, 1.54) is 0 Å². The van der Waals surface area contributed by atoms with E-state index in [0.717, 1.165) is 28.0 Å². The van der Waals surface area contributed by atoms with Gasteiger partial charge >= 0.3 is 0 Å². The van der Waals surface area contributed by atoms with Gasteiger partial charge < -0.3 is 11.1 Å². The van der Waals surface area contributed by atoms with Gasteiger partial charge in [-0.2, -0.15) is 0 Å². The van der Waals surface area contributed by atoms with E-state index in [-0.39, 0.29) is 0 Å². The highest BCUT2D eigenvalue weighted by Crippen LogP contribution is 2.29. The van der Waals surface area contributed by atoms with E-state index in [1.54, 1.807) is 0 Å². The Morgan fingerprint density at radius 3 is 2.32 bits per heavy atom. The fraction of sp³-hybridized carbons (Fsp3) is 0. The third kappa shape index (κ3) is 3.12. The van der Waals surface area contributed by atoms with Crippen molar-refractivity contribution in [2.24, 2.45) is 0 Å². The van der Waals surface area contributed by atoms with E-state index >= 15 is 0 Å². The van der Waals surface area contributed by atoms with Gasteiger partial charge in [0, 0.05) is 27.3 Å². The average molecular weight is 347 g/mol. The molecular formula is C20H15ClN4.